The first-order valence-corrected chi connectivity index (χ1v) is 6.09. The summed E-state index contributed by atoms with van der Waals surface area (Å²) in [5, 5.41) is 23.9. The maximum Gasteiger partial charge on any atom is 0.339 e. The van der Waals surface area contributed by atoms with E-state index < -0.39 is 10.9 Å². The van der Waals surface area contributed by atoms with Crippen molar-refractivity contribution in [2.75, 3.05) is 0 Å². The van der Waals surface area contributed by atoms with Crippen molar-refractivity contribution in [3.8, 4) is 5.75 Å². The quantitative estimate of drug-likeness (QED) is 0.670. The summed E-state index contributed by atoms with van der Waals surface area (Å²) in [7, 11) is 1.55. The molecule has 0 spiro atoms. The van der Waals surface area contributed by atoms with Crippen molar-refractivity contribution in [3.63, 3.8) is 0 Å². The molecule has 0 aliphatic heterocycles. The molecule has 1 N–H and O–H groups in total. The summed E-state index contributed by atoms with van der Waals surface area (Å²) in [5.41, 5.74) is -0.0505. The Labute approximate surface area is 123 Å². The number of aromatic nitrogens is 2. The molecule has 0 radical (unpaired) electrons. The van der Waals surface area contributed by atoms with Gasteiger partial charge in [0, 0.05) is 13.1 Å². The van der Waals surface area contributed by atoms with Gasteiger partial charge >= 0.3 is 11.7 Å². The van der Waals surface area contributed by atoms with Crippen LogP contribution in [-0.2, 0) is 13.7 Å². The topological polar surface area (TPSA) is 107 Å². The maximum absolute atomic E-state index is 11.0. The van der Waals surface area contributed by atoms with E-state index in [1.807, 2.05) is 0 Å². The molecule has 0 saturated heterocycles. The first-order valence-electron chi connectivity index (χ1n) is 5.71. The van der Waals surface area contributed by atoms with Gasteiger partial charge in [0.25, 0.3) is 0 Å². The summed E-state index contributed by atoms with van der Waals surface area (Å²) in [6, 6.07) is 4.13. The molecule has 0 fully saturated rings. The fourth-order valence-corrected chi connectivity index (χ4v) is 1.96. The van der Waals surface area contributed by atoms with Gasteiger partial charge in [0.05, 0.1) is 21.8 Å². The third-order valence-electron chi connectivity index (χ3n) is 2.79. The molecule has 0 aliphatic rings. The van der Waals surface area contributed by atoms with Crippen LogP contribution < -0.4 is 4.74 Å². The average Bonchev–Trinajstić information content (AvgIpc) is 2.78. The number of carboxylic acids is 1. The van der Waals surface area contributed by atoms with Crippen molar-refractivity contribution in [3.05, 3.63) is 50.8 Å². The number of hydrogen-bond acceptors (Lipinski definition) is 5. The minimum atomic E-state index is -1.16. The highest BCUT2D eigenvalue weighted by molar-refractivity contribution is 6.32. The summed E-state index contributed by atoms with van der Waals surface area (Å²) < 4.78 is 6.67. The van der Waals surface area contributed by atoms with E-state index >= 15 is 0 Å². The third kappa shape index (κ3) is 2.95. The van der Waals surface area contributed by atoms with Crippen molar-refractivity contribution < 1.29 is 19.6 Å². The van der Waals surface area contributed by atoms with Crippen molar-refractivity contribution in [2.45, 2.75) is 6.61 Å². The molecule has 0 aliphatic carbocycles. The van der Waals surface area contributed by atoms with Crippen molar-refractivity contribution in [1.29, 1.82) is 0 Å². The van der Waals surface area contributed by atoms with E-state index in [2.05, 4.69) is 5.10 Å². The van der Waals surface area contributed by atoms with E-state index in [0.717, 1.165) is 0 Å². The number of nitro groups is 1. The molecule has 110 valence electrons. The number of carboxylic acid groups (broad SMARTS) is 1. The lowest BCUT2D eigenvalue weighted by atomic mass is 10.2. The molecular weight excluding hydrogens is 302 g/mol. The second-order valence-corrected chi connectivity index (χ2v) is 4.47. The number of benzene rings is 1. The zero-order valence-electron chi connectivity index (χ0n) is 10.8. The van der Waals surface area contributed by atoms with Crippen molar-refractivity contribution in [2.24, 2.45) is 7.05 Å². The summed E-state index contributed by atoms with van der Waals surface area (Å²) in [6.07, 6.45) is 1.18. The fourth-order valence-electron chi connectivity index (χ4n) is 1.74. The third-order valence-corrected chi connectivity index (χ3v) is 3.09. The van der Waals surface area contributed by atoms with Crippen LogP contribution >= 0.6 is 11.6 Å². The Morgan fingerprint density at radius 3 is 2.90 bits per heavy atom. The Bertz CT molecular complexity index is 713. The molecule has 9 heteroatoms. The Morgan fingerprint density at radius 1 is 1.57 bits per heavy atom. The summed E-state index contributed by atoms with van der Waals surface area (Å²) in [4.78, 5) is 21.4. The number of nitrogens with zero attached hydrogens (tertiary/aromatic N) is 3. The second kappa shape index (κ2) is 5.80. The molecule has 0 bridgehead atoms. The van der Waals surface area contributed by atoms with Gasteiger partial charge in [-0.15, -0.1) is 0 Å². The number of ether oxygens (including phenoxy) is 1. The van der Waals surface area contributed by atoms with Gasteiger partial charge in [-0.25, -0.2) is 4.79 Å². The maximum atomic E-state index is 11.0. The highest BCUT2D eigenvalue weighted by Crippen LogP contribution is 2.35. The van der Waals surface area contributed by atoms with Crippen LogP contribution in [0.25, 0.3) is 0 Å². The molecule has 1 aromatic carbocycles. The zero-order chi connectivity index (χ0) is 15.6. The highest BCUT2D eigenvalue weighted by Gasteiger charge is 2.21. The molecule has 2 rings (SSSR count). The van der Waals surface area contributed by atoms with Crippen LogP contribution in [0.3, 0.4) is 0 Å². The van der Waals surface area contributed by atoms with E-state index in [4.69, 9.17) is 21.4 Å². The number of hydrogen-bond donors (Lipinski definition) is 1. The number of aryl methyl sites for hydroxylation is 1. The lowest BCUT2D eigenvalue weighted by Crippen LogP contribution is -2.09. The van der Waals surface area contributed by atoms with Crippen molar-refractivity contribution in [1.82, 2.24) is 9.78 Å². The first-order chi connectivity index (χ1) is 9.91. The van der Waals surface area contributed by atoms with Crippen LogP contribution in [0.1, 0.15) is 16.1 Å². The van der Waals surface area contributed by atoms with Gasteiger partial charge < -0.3 is 9.84 Å². The molecule has 0 amide bonds. The van der Waals surface area contributed by atoms with Gasteiger partial charge in [0.2, 0.25) is 5.75 Å². The van der Waals surface area contributed by atoms with Crippen LogP contribution in [0, 0.1) is 10.1 Å². The second-order valence-electron chi connectivity index (χ2n) is 4.07. The van der Waals surface area contributed by atoms with Gasteiger partial charge in [0.15, 0.2) is 0 Å². The molecule has 1 aromatic heterocycles. The SMILES string of the molecule is Cn1ncc(C(=O)O)c1COc1c(Cl)cccc1[N+](=O)[O-]. The molecular formula is C12H10ClN3O5. The largest absolute Gasteiger partial charge is 0.479 e. The minimum Gasteiger partial charge on any atom is -0.479 e. The van der Waals surface area contributed by atoms with E-state index in [1.165, 1.54) is 29.1 Å². The van der Waals surface area contributed by atoms with Gasteiger partial charge in [-0.1, -0.05) is 17.7 Å². The lowest BCUT2D eigenvalue weighted by Gasteiger charge is -2.09. The first kappa shape index (κ1) is 14.8. The normalized spacial score (nSPS) is 10.4. The number of para-hydroxylation sites is 1. The van der Waals surface area contributed by atoms with E-state index in [9.17, 15) is 14.9 Å². The van der Waals surface area contributed by atoms with Crippen molar-refractivity contribution >= 4 is 23.3 Å². The zero-order valence-corrected chi connectivity index (χ0v) is 11.6. The fraction of sp³-hybridized carbons (Fsp3) is 0.167. The van der Waals surface area contributed by atoms with Crippen LogP contribution in [0.4, 0.5) is 5.69 Å². The molecule has 21 heavy (non-hydrogen) atoms. The highest BCUT2D eigenvalue weighted by atomic mass is 35.5. The molecule has 2 aromatic rings. The standard InChI is InChI=1S/C12H10ClN3O5/c1-15-10(7(5-14-15)12(17)18)6-21-11-8(13)3-2-4-9(11)16(19)20/h2-5H,6H2,1H3,(H,17,18). The van der Waals surface area contributed by atoms with Crippen LogP contribution in [0.15, 0.2) is 24.4 Å². The van der Waals surface area contributed by atoms with Gasteiger partial charge in [0.1, 0.15) is 12.2 Å². The number of aromatic carboxylic acids is 1. The predicted octanol–water partition coefficient (Wildman–Crippen LogP) is 2.26. The van der Waals surface area contributed by atoms with Crippen LogP contribution in [0.5, 0.6) is 5.75 Å². The van der Waals surface area contributed by atoms with E-state index in [1.54, 1.807) is 7.05 Å². The van der Waals surface area contributed by atoms with Crippen LogP contribution in [0.2, 0.25) is 5.02 Å². The summed E-state index contributed by atoms with van der Waals surface area (Å²) in [6.45, 7) is -0.206. The molecule has 8 nitrogen and oxygen atoms in total. The number of rotatable bonds is 5. The van der Waals surface area contributed by atoms with E-state index in [0.29, 0.717) is 0 Å². The average molecular weight is 312 g/mol. The molecule has 0 unspecified atom stereocenters. The Hall–Kier alpha value is -2.61. The Kier molecular flexibility index (Phi) is 4.08. The molecule has 1 heterocycles. The minimum absolute atomic E-state index is 0.0350. The molecule has 0 saturated carbocycles. The number of halogens is 1. The summed E-state index contributed by atoms with van der Waals surface area (Å²) in [5.74, 6) is -1.27. The summed E-state index contributed by atoms with van der Waals surface area (Å²) >= 11 is 5.89. The van der Waals surface area contributed by atoms with Crippen LogP contribution in [-0.4, -0.2) is 25.8 Å². The predicted molar refractivity (Wildman–Crippen MR) is 72.6 cm³/mol. The lowest BCUT2D eigenvalue weighted by molar-refractivity contribution is -0.385. The number of nitro benzene ring substituents is 1. The number of carbonyl (C=O) groups is 1. The Morgan fingerprint density at radius 2 is 2.29 bits per heavy atom. The van der Waals surface area contributed by atoms with E-state index in [-0.39, 0.29) is 34.3 Å². The molecule has 0 atom stereocenters. The van der Waals surface area contributed by atoms with Gasteiger partial charge in [-0.05, 0) is 6.07 Å². The Balaban J connectivity index is 2.31. The monoisotopic (exact) mass is 311 g/mol. The van der Waals surface area contributed by atoms with Gasteiger partial charge in [-0.3, -0.25) is 14.8 Å². The smallest absolute Gasteiger partial charge is 0.339 e. The van der Waals surface area contributed by atoms with Gasteiger partial charge in [-0.2, -0.15) is 5.10 Å².